The fraction of sp³-hybridized carbons (Fsp3) is 0.800. The Labute approximate surface area is 94.9 Å². The van der Waals surface area contributed by atoms with Crippen molar-refractivity contribution in [2.24, 2.45) is 11.5 Å². The Morgan fingerprint density at radius 2 is 2.00 bits per heavy atom. The second-order valence-corrected chi connectivity index (χ2v) is 4.43. The normalized spacial score (nSPS) is 15.2. The molecule has 0 aliphatic rings. The first-order valence-electron chi connectivity index (χ1n) is 5.07. The van der Waals surface area contributed by atoms with E-state index in [1.165, 1.54) is 6.47 Å². The van der Waals surface area contributed by atoms with Crippen molar-refractivity contribution in [3.05, 3.63) is 0 Å². The van der Waals surface area contributed by atoms with Crippen molar-refractivity contribution >= 4 is 12.4 Å². The number of nitrogens with two attached hydrogens (primary N) is 2. The maximum atomic E-state index is 10.5. The van der Waals surface area contributed by atoms with Crippen LogP contribution in [0.3, 0.4) is 0 Å². The summed E-state index contributed by atoms with van der Waals surface area (Å²) < 4.78 is 4.72. The summed E-state index contributed by atoms with van der Waals surface area (Å²) in [6.07, 6.45) is 1.21. The lowest BCUT2D eigenvalue weighted by Gasteiger charge is -2.25. The van der Waals surface area contributed by atoms with Gasteiger partial charge in [0.2, 0.25) is 0 Å². The minimum absolute atomic E-state index is 0.256. The van der Waals surface area contributed by atoms with Crippen LogP contribution in [0.4, 0.5) is 0 Å². The zero-order chi connectivity index (χ0) is 12.8. The van der Waals surface area contributed by atoms with Crippen molar-refractivity contribution in [1.29, 1.82) is 0 Å². The number of aliphatic carboxylic acids is 1. The Balaban J connectivity index is 3.94. The van der Waals surface area contributed by atoms with Gasteiger partial charge in [-0.15, -0.1) is 0 Å². The average molecular weight is 231 g/mol. The second-order valence-electron chi connectivity index (χ2n) is 4.43. The fourth-order valence-electron chi connectivity index (χ4n) is 1.41. The van der Waals surface area contributed by atoms with E-state index in [1.807, 2.05) is 0 Å². The zero-order valence-corrected chi connectivity index (χ0v) is 9.60. The van der Waals surface area contributed by atoms with Gasteiger partial charge >= 0.3 is 12.4 Å². The van der Waals surface area contributed by atoms with E-state index < -0.39 is 17.6 Å². The summed E-state index contributed by atoms with van der Waals surface area (Å²) in [6, 6.07) is -1.15. The monoisotopic (exact) mass is 231 g/mol. The highest BCUT2D eigenvalue weighted by atomic mass is 16.5. The average Bonchev–Trinajstić information content (AvgIpc) is 2.12. The van der Waals surface area contributed by atoms with E-state index in [9.17, 15) is 9.59 Å². The number of hydrogen-bond acceptors (Lipinski definition) is 5. The first-order valence-corrected chi connectivity index (χ1v) is 5.07. The van der Waals surface area contributed by atoms with Crippen molar-refractivity contribution in [1.82, 2.24) is 0 Å². The predicted octanol–water partition coefficient (Wildman–Crippen LogP) is -0.242. The van der Waals surface area contributed by atoms with Gasteiger partial charge in [0.1, 0.15) is 11.6 Å². The maximum absolute atomic E-state index is 10.5. The molecule has 0 heterocycles. The molecule has 1 unspecified atom stereocenters. The van der Waals surface area contributed by atoms with Crippen LogP contribution in [0, 0.1) is 0 Å². The molecular formula is C10H19N2O4. The molecule has 0 aliphatic carbocycles. The molecule has 0 aromatic heterocycles. The molecule has 5 N–H and O–H groups in total. The minimum Gasteiger partial charge on any atom is -0.480 e. The van der Waals surface area contributed by atoms with Crippen LogP contribution in [0.25, 0.3) is 0 Å². The molecule has 0 spiro atoms. The first kappa shape index (κ1) is 14.9. The molecule has 0 rings (SSSR count). The third-order valence-electron chi connectivity index (χ3n) is 2.24. The largest absolute Gasteiger partial charge is 0.480 e. The van der Waals surface area contributed by atoms with Crippen LogP contribution in [0.5, 0.6) is 0 Å². The van der Waals surface area contributed by atoms with E-state index in [0.29, 0.717) is 19.3 Å². The van der Waals surface area contributed by atoms with Gasteiger partial charge in [-0.25, -0.2) is 4.79 Å². The summed E-state index contributed by atoms with van der Waals surface area (Å²) in [5, 5.41) is 8.57. The summed E-state index contributed by atoms with van der Waals surface area (Å²) in [4.78, 5) is 20.5. The Morgan fingerprint density at radius 3 is 2.44 bits per heavy atom. The molecule has 0 aromatic carbocycles. The molecule has 2 atom stereocenters. The van der Waals surface area contributed by atoms with E-state index in [4.69, 9.17) is 21.3 Å². The smallest absolute Gasteiger partial charge is 0.418 e. The number of rotatable bonds is 8. The molecule has 93 valence electrons. The van der Waals surface area contributed by atoms with Crippen molar-refractivity contribution in [3.63, 3.8) is 0 Å². The van der Waals surface area contributed by atoms with E-state index >= 15 is 0 Å². The lowest BCUT2D eigenvalue weighted by molar-refractivity contribution is -0.138. The third kappa shape index (κ3) is 6.36. The van der Waals surface area contributed by atoms with Crippen molar-refractivity contribution in [3.8, 4) is 0 Å². The van der Waals surface area contributed by atoms with Gasteiger partial charge in [-0.05, 0) is 26.7 Å². The lowest BCUT2D eigenvalue weighted by Crippen LogP contribution is -2.37. The summed E-state index contributed by atoms with van der Waals surface area (Å²) >= 11 is 0. The predicted molar refractivity (Wildman–Crippen MR) is 58.3 cm³/mol. The van der Waals surface area contributed by atoms with Crippen LogP contribution in [0.2, 0.25) is 0 Å². The van der Waals surface area contributed by atoms with Gasteiger partial charge in [-0.3, -0.25) is 4.79 Å². The first-order chi connectivity index (χ1) is 7.28. The molecule has 0 saturated carbocycles. The highest BCUT2D eigenvalue weighted by molar-refractivity contribution is 5.72. The van der Waals surface area contributed by atoms with Gasteiger partial charge in [0.05, 0.1) is 0 Å². The van der Waals surface area contributed by atoms with Crippen LogP contribution in [0.1, 0.15) is 33.1 Å². The van der Waals surface area contributed by atoms with E-state index in [2.05, 4.69) is 0 Å². The van der Waals surface area contributed by atoms with Crippen molar-refractivity contribution in [2.75, 3.05) is 0 Å². The van der Waals surface area contributed by atoms with Crippen LogP contribution < -0.4 is 11.5 Å². The number of carbonyl (C=O) groups is 1. The molecule has 6 heteroatoms. The molecule has 16 heavy (non-hydrogen) atoms. The Bertz CT molecular complexity index is 243. The van der Waals surface area contributed by atoms with Crippen molar-refractivity contribution in [2.45, 2.75) is 50.8 Å². The van der Waals surface area contributed by atoms with Crippen molar-refractivity contribution < 1.29 is 19.4 Å². The molecule has 0 aliphatic heterocycles. The molecule has 0 aromatic rings. The van der Waals surface area contributed by atoms with Crippen LogP contribution >= 0.6 is 0 Å². The third-order valence-corrected chi connectivity index (χ3v) is 2.24. The number of ether oxygens (including phenoxy) is 1. The zero-order valence-electron chi connectivity index (χ0n) is 9.60. The Morgan fingerprint density at radius 1 is 1.44 bits per heavy atom. The van der Waals surface area contributed by atoms with Gasteiger partial charge in [-0.2, -0.15) is 0 Å². The van der Waals surface area contributed by atoms with Gasteiger partial charge in [-0.1, -0.05) is 0 Å². The summed E-state index contributed by atoms with van der Waals surface area (Å²) in [5.74, 6) is -1.04. The highest BCUT2D eigenvalue weighted by Gasteiger charge is 2.23. The topological polar surface area (TPSA) is 116 Å². The van der Waals surface area contributed by atoms with E-state index in [1.54, 1.807) is 13.8 Å². The second kappa shape index (κ2) is 6.44. The number of carbonyl (C=O) groups excluding carboxylic acids is 1. The Kier molecular flexibility index (Phi) is 5.98. The number of hydrogen-bond donors (Lipinski definition) is 3. The summed E-state index contributed by atoms with van der Waals surface area (Å²) in [7, 11) is 0. The molecular weight excluding hydrogens is 212 g/mol. The molecule has 0 saturated heterocycles. The number of carboxylic acid groups (broad SMARTS) is 1. The fourth-order valence-corrected chi connectivity index (χ4v) is 1.41. The van der Waals surface area contributed by atoms with Crippen LogP contribution in [-0.2, 0) is 14.3 Å². The van der Waals surface area contributed by atoms with Crippen LogP contribution in [-0.4, -0.2) is 35.2 Å². The highest BCUT2D eigenvalue weighted by Crippen LogP contribution is 2.17. The minimum atomic E-state index is -1.04. The SMILES string of the molecule is CC(C)(CC(N)CC[C@H](N)C(=O)O)O[C]=O. The van der Waals surface area contributed by atoms with Gasteiger partial charge in [0, 0.05) is 12.5 Å². The molecule has 0 bridgehead atoms. The summed E-state index contributed by atoms with van der Waals surface area (Å²) in [6.45, 7) is 4.81. The van der Waals surface area contributed by atoms with Crippen LogP contribution in [0.15, 0.2) is 0 Å². The standard InChI is InChI=1S/C10H19N2O4/c1-10(2,16-6-13)5-7(11)3-4-8(12)9(14)15/h7-8H,3-5,11-12H2,1-2H3,(H,14,15)/t7?,8-/m0/s1. The molecule has 0 amide bonds. The Hall–Kier alpha value is -1.14. The van der Waals surface area contributed by atoms with Gasteiger partial charge in [0.25, 0.3) is 0 Å². The van der Waals surface area contributed by atoms with E-state index in [0.717, 1.165) is 0 Å². The maximum Gasteiger partial charge on any atom is 0.418 e. The quantitative estimate of drug-likeness (QED) is 0.531. The van der Waals surface area contributed by atoms with E-state index in [-0.39, 0.29) is 6.04 Å². The summed E-state index contributed by atoms with van der Waals surface area (Å²) in [5.41, 5.74) is 10.4. The molecule has 6 nitrogen and oxygen atoms in total. The molecule has 1 radical (unpaired) electrons. The van der Waals surface area contributed by atoms with Gasteiger partial charge < -0.3 is 21.3 Å². The van der Waals surface area contributed by atoms with Gasteiger partial charge in [0.15, 0.2) is 0 Å². The lowest BCUT2D eigenvalue weighted by atomic mass is 9.95. The number of carboxylic acids is 1. The molecule has 0 fully saturated rings.